The lowest BCUT2D eigenvalue weighted by atomic mass is 10.0. The Labute approximate surface area is 203 Å². The zero-order valence-corrected chi connectivity index (χ0v) is 20.5. The van der Waals surface area contributed by atoms with Crippen LogP contribution in [0.3, 0.4) is 0 Å². The van der Waals surface area contributed by atoms with E-state index in [4.69, 9.17) is 9.47 Å². The summed E-state index contributed by atoms with van der Waals surface area (Å²) >= 11 is 1.70. The number of anilines is 1. The summed E-state index contributed by atoms with van der Waals surface area (Å²) in [6.07, 6.45) is 0. The summed E-state index contributed by atoms with van der Waals surface area (Å²) in [7, 11) is 3.09. The highest BCUT2D eigenvalue weighted by atomic mass is 32.1. The van der Waals surface area contributed by atoms with Gasteiger partial charge in [0, 0.05) is 42.8 Å². The largest absolute Gasteiger partial charge is 0.493 e. The maximum Gasteiger partial charge on any atom is 0.255 e. The minimum absolute atomic E-state index is 0.0379. The summed E-state index contributed by atoms with van der Waals surface area (Å²) in [4.78, 5) is 19.1. The Kier molecular flexibility index (Phi) is 7.70. The molecule has 1 aromatic heterocycles. The van der Waals surface area contributed by atoms with Crippen LogP contribution in [0.5, 0.6) is 11.5 Å². The van der Waals surface area contributed by atoms with Crippen LogP contribution in [0.1, 0.15) is 28.2 Å². The molecule has 8 heteroatoms. The number of nitrogens with one attached hydrogen (secondary N) is 1. The van der Waals surface area contributed by atoms with Crippen LogP contribution in [0, 0.1) is 5.82 Å². The third-order valence-electron chi connectivity index (χ3n) is 6.21. The van der Waals surface area contributed by atoms with Gasteiger partial charge in [-0.15, -0.1) is 11.3 Å². The lowest BCUT2D eigenvalue weighted by molar-refractivity contribution is 0.0887. The number of hydrogen-bond donors (Lipinski definition) is 1. The number of methoxy groups -OCH3 is 2. The molecule has 4 rings (SSSR count). The SMILES string of the molecule is COc1cccc(C(=O)NC(C)C(c2cccs2)N2CCN(c3ccc(F)cc3)CC2)c1OC. The molecule has 1 fully saturated rings. The molecule has 1 aliphatic heterocycles. The Morgan fingerprint density at radius 1 is 1.00 bits per heavy atom. The second-order valence-corrected chi connectivity index (χ2v) is 9.24. The van der Waals surface area contributed by atoms with Gasteiger partial charge in [-0.3, -0.25) is 9.69 Å². The Bertz CT molecular complexity index is 1080. The van der Waals surface area contributed by atoms with Crippen molar-refractivity contribution >= 4 is 22.9 Å². The van der Waals surface area contributed by atoms with Crippen LogP contribution in [0.25, 0.3) is 0 Å². The van der Waals surface area contributed by atoms with Crippen molar-refractivity contribution in [3.8, 4) is 11.5 Å². The summed E-state index contributed by atoms with van der Waals surface area (Å²) in [5.41, 5.74) is 1.47. The number of carbonyl (C=O) groups excluding carboxylic acids is 1. The third-order valence-corrected chi connectivity index (χ3v) is 7.16. The van der Waals surface area contributed by atoms with E-state index in [1.165, 1.54) is 24.1 Å². The van der Waals surface area contributed by atoms with Crippen LogP contribution in [0.2, 0.25) is 0 Å². The Hall–Kier alpha value is -3.10. The molecule has 1 aliphatic rings. The van der Waals surface area contributed by atoms with E-state index in [1.54, 1.807) is 36.6 Å². The first-order valence-electron chi connectivity index (χ1n) is 11.3. The molecule has 180 valence electrons. The van der Waals surface area contributed by atoms with E-state index in [9.17, 15) is 9.18 Å². The van der Waals surface area contributed by atoms with E-state index in [1.807, 2.05) is 25.1 Å². The van der Waals surface area contributed by atoms with Gasteiger partial charge in [-0.1, -0.05) is 12.1 Å². The summed E-state index contributed by atoms with van der Waals surface area (Å²) in [6.45, 7) is 5.38. The van der Waals surface area contributed by atoms with E-state index in [0.717, 1.165) is 31.9 Å². The smallest absolute Gasteiger partial charge is 0.255 e. The molecule has 2 unspecified atom stereocenters. The number of para-hydroxylation sites is 1. The maximum atomic E-state index is 13.3. The molecule has 6 nitrogen and oxygen atoms in total. The number of halogens is 1. The number of amides is 1. The van der Waals surface area contributed by atoms with Crippen LogP contribution < -0.4 is 19.7 Å². The molecule has 2 atom stereocenters. The zero-order chi connectivity index (χ0) is 24.1. The molecule has 0 aliphatic carbocycles. The van der Waals surface area contributed by atoms with Gasteiger partial charge in [-0.05, 0) is 54.8 Å². The second-order valence-electron chi connectivity index (χ2n) is 8.26. The van der Waals surface area contributed by atoms with Crippen LogP contribution in [0.15, 0.2) is 60.0 Å². The van der Waals surface area contributed by atoms with Gasteiger partial charge in [0.25, 0.3) is 5.91 Å². The van der Waals surface area contributed by atoms with Crippen molar-refractivity contribution in [2.45, 2.75) is 19.0 Å². The first-order chi connectivity index (χ1) is 16.5. The van der Waals surface area contributed by atoms with E-state index in [2.05, 4.69) is 26.6 Å². The van der Waals surface area contributed by atoms with Crippen LogP contribution >= 0.6 is 11.3 Å². The topological polar surface area (TPSA) is 54.0 Å². The van der Waals surface area contributed by atoms with Crippen LogP contribution in [0.4, 0.5) is 10.1 Å². The number of rotatable bonds is 8. The van der Waals surface area contributed by atoms with Crippen molar-refractivity contribution in [2.75, 3.05) is 45.3 Å². The molecule has 2 heterocycles. The summed E-state index contributed by atoms with van der Waals surface area (Å²) in [5.74, 6) is 0.525. The fourth-order valence-electron chi connectivity index (χ4n) is 4.54. The maximum absolute atomic E-state index is 13.3. The highest BCUT2D eigenvalue weighted by molar-refractivity contribution is 7.10. The number of piperazine rings is 1. The predicted octanol–water partition coefficient (Wildman–Crippen LogP) is 4.59. The molecule has 1 saturated heterocycles. The highest BCUT2D eigenvalue weighted by Crippen LogP contribution is 2.33. The number of nitrogens with zero attached hydrogens (tertiary/aromatic N) is 2. The number of benzene rings is 2. The van der Waals surface area contributed by atoms with E-state index in [0.29, 0.717) is 17.1 Å². The summed E-state index contributed by atoms with van der Waals surface area (Å²) in [6, 6.07) is 16.0. The van der Waals surface area contributed by atoms with Gasteiger partial charge >= 0.3 is 0 Å². The average Bonchev–Trinajstić information content (AvgIpc) is 3.38. The van der Waals surface area contributed by atoms with Gasteiger partial charge in [-0.25, -0.2) is 4.39 Å². The fraction of sp³-hybridized carbons (Fsp3) is 0.346. The first kappa shape index (κ1) is 24.0. The quantitative estimate of drug-likeness (QED) is 0.508. The summed E-state index contributed by atoms with van der Waals surface area (Å²) < 4.78 is 24.1. The monoisotopic (exact) mass is 483 g/mol. The van der Waals surface area contributed by atoms with Crippen molar-refractivity contribution in [3.63, 3.8) is 0 Å². The Morgan fingerprint density at radius 3 is 2.35 bits per heavy atom. The molecule has 0 bridgehead atoms. The standard InChI is InChI=1S/C26H30FN3O3S/c1-18(28-26(31)21-6-4-7-22(32-2)25(21)33-3)24(23-8-5-17-34-23)30-15-13-29(14-16-30)20-11-9-19(27)10-12-20/h4-12,17-18,24H,13-16H2,1-3H3,(H,28,31). The van der Waals surface area contributed by atoms with Crippen molar-refractivity contribution < 1.29 is 18.7 Å². The molecule has 1 amide bonds. The predicted molar refractivity (Wildman–Crippen MR) is 134 cm³/mol. The van der Waals surface area contributed by atoms with Gasteiger partial charge in [-0.2, -0.15) is 0 Å². The highest BCUT2D eigenvalue weighted by Gasteiger charge is 2.31. The molecule has 0 saturated carbocycles. The van der Waals surface area contributed by atoms with Gasteiger partial charge < -0.3 is 19.7 Å². The van der Waals surface area contributed by atoms with Gasteiger partial charge in [0.1, 0.15) is 5.82 Å². The van der Waals surface area contributed by atoms with Crippen LogP contribution in [-0.4, -0.2) is 57.2 Å². The minimum Gasteiger partial charge on any atom is -0.493 e. The van der Waals surface area contributed by atoms with E-state index < -0.39 is 0 Å². The number of carbonyl (C=O) groups is 1. The third kappa shape index (κ3) is 5.18. The molecule has 0 radical (unpaired) electrons. The molecular formula is C26H30FN3O3S. The van der Waals surface area contributed by atoms with Crippen molar-refractivity contribution in [1.82, 2.24) is 10.2 Å². The van der Waals surface area contributed by atoms with E-state index >= 15 is 0 Å². The number of ether oxygens (including phenoxy) is 2. The first-order valence-corrected chi connectivity index (χ1v) is 12.2. The zero-order valence-electron chi connectivity index (χ0n) is 19.7. The average molecular weight is 484 g/mol. The summed E-state index contributed by atoms with van der Waals surface area (Å²) in [5, 5.41) is 5.26. The van der Waals surface area contributed by atoms with Crippen LogP contribution in [-0.2, 0) is 0 Å². The molecule has 3 aromatic rings. The fourth-order valence-corrected chi connectivity index (χ4v) is 5.51. The van der Waals surface area contributed by atoms with Gasteiger partial charge in [0.15, 0.2) is 11.5 Å². The molecule has 34 heavy (non-hydrogen) atoms. The number of hydrogen-bond acceptors (Lipinski definition) is 6. The molecule has 0 spiro atoms. The van der Waals surface area contributed by atoms with Crippen molar-refractivity contribution in [1.29, 1.82) is 0 Å². The van der Waals surface area contributed by atoms with Crippen molar-refractivity contribution in [2.24, 2.45) is 0 Å². The van der Waals surface area contributed by atoms with E-state index in [-0.39, 0.29) is 23.8 Å². The lowest BCUT2D eigenvalue weighted by Crippen LogP contribution is -2.52. The van der Waals surface area contributed by atoms with Crippen molar-refractivity contribution in [3.05, 3.63) is 76.2 Å². The molecule has 1 N–H and O–H groups in total. The normalized spacial score (nSPS) is 16.1. The Balaban J connectivity index is 1.49. The number of thiophene rings is 1. The Morgan fingerprint density at radius 2 is 1.74 bits per heavy atom. The lowest BCUT2D eigenvalue weighted by Gasteiger charge is -2.42. The molecular weight excluding hydrogens is 453 g/mol. The van der Waals surface area contributed by atoms with Gasteiger partial charge in [0.05, 0.1) is 25.8 Å². The molecule has 2 aromatic carbocycles. The van der Waals surface area contributed by atoms with Gasteiger partial charge in [0.2, 0.25) is 0 Å². The second kappa shape index (κ2) is 10.9. The minimum atomic E-state index is -0.225.